The zero-order valence-electron chi connectivity index (χ0n) is 11.6. The number of anilines is 1. The molecule has 8 heteroatoms. The first kappa shape index (κ1) is 15.7. The highest BCUT2D eigenvalue weighted by Crippen LogP contribution is 2.28. The minimum atomic E-state index is -0.428. The largest absolute Gasteiger partial charge is 0.323 e. The quantitative estimate of drug-likeness (QED) is 0.724. The molecule has 0 saturated carbocycles. The van der Waals surface area contributed by atoms with Crippen molar-refractivity contribution in [3.05, 3.63) is 52.3 Å². The first-order valence-electron chi connectivity index (χ1n) is 6.62. The second-order valence-electron chi connectivity index (χ2n) is 4.87. The summed E-state index contributed by atoms with van der Waals surface area (Å²) in [6.07, 6.45) is 0.345. The molecule has 0 aliphatic heterocycles. The predicted octanol–water partition coefficient (Wildman–Crippen LogP) is 3.78. The van der Waals surface area contributed by atoms with Crippen molar-refractivity contribution in [3.63, 3.8) is 0 Å². The van der Waals surface area contributed by atoms with E-state index in [0.29, 0.717) is 39.3 Å². The van der Waals surface area contributed by atoms with Crippen LogP contribution in [0.2, 0.25) is 5.02 Å². The molecule has 1 heterocycles. The van der Waals surface area contributed by atoms with Crippen LogP contribution in [0.3, 0.4) is 0 Å². The summed E-state index contributed by atoms with van der Waals surface area (Å²) in [6.45, 7) is 0. The predicted molar refractivity (Wildman–Crippen MR) is 85.4 cm³/mol. The van der Waals surface area contributed by atoms with E-state index in [0.717, 1.165) is 0 Å². The number of amides is 1. The maximum atomic E-state index is 13.5. The number of hydrogen-bond acceptors (Lipinski definition) is 4. The molecule has 0 spiro atoms. The summed E-state index contributed by atoms with van der Waals surface area (Å²) < 4.78 is 18.2. The van der Waals surface area contributed by atoms with E-state index >= 15 is 0 Å². The van der Waals surface area contributed by atoms with E-state index < -0.39 is 5.82 Å². The molecule has 0 bridgehead atoms. The second-order valence-corrected chi connectivity index (χ2v) is 5.57. The molecule has 1 amide bonds. The van der Waals surface area contributed by atoms with Crippen LogP contribution >= 0.6 is 23.2 Å². The van der Waals surface area contributed by atoms with Gasteiger partial charge in [0.1, 0.15) is 17.2 Å². The molecule has 0 saturated heterocycles. The lowest BCUT2D eigenvalue weighted by Crippen LogP contribution is -2.14. The molecule has 3 rings (SSSR count). The average molecular weight is 354 g/mol. The van der Waals surface area contributed by atoms with Crippen LogP contribution in [0, 0.1) is 5.82 Å². The van der Waals surface area contributed by atoms with E-state index in [1.165, 1.54) is 12.1 Å². The fourth-order valence-corrected chi connectivity index (χ4v) is 2.60. The number of alkyl halides is 1. The fraction of sp³-hybridized carbons (Fsp3) is 0.133. The molecule has 0 radical (unpaired) electrons. The summed E-state index contributed by atoms with van der Waals surface area (Å²) in [6, 6.07) is 7.73. The van der Waals surface area contributed by atoms with Gasteiger partial charge in [-0.3, -0.25) is 4.79 Å². The van der Waals surface area contributed by atoms with Crippen molar-refractivity contribution in [2.75, 3.05) is 11.2 Å². The number of carbonyl (C=O) groups excluding carboxylic acids is 1. The first-order valence-corrected chi connectivity index (χ1v) is 7.53. The van der Waals surface area contributed by atoms with Crippen LogP contribution in [-0.2, 0) is 11.2 Å². The maximum Gasteiger partial charge on any atom is 0.239 e. The van der Waals surface area contributed by atoms with Crippen LogP contribution in [0.15, 0.2) is 35.0 Å². The standard InChI is InChI=1S/C15H10Cl2FN3O2/c16-7-13(22)19-14-9(1-2-12-15(14)21-23-20-12)3-8-4-10(17)6-11(18)5-8/h1-2,4-6H,3,7H2,(H,19,22). The van der Waals surface area contributed by atoms with Crippen molar-refractivity contribution >= 4 is 45.8 Å². The molecule has 0 aliphatic rings. The van der Waals surface area contributed by atoms with Crippen molar-refractivity contribution in [2.24, 2.45) is 0 Å². The zero-order valence-corrected chi connectivity index (χ0v) is 13.2. The fourth-order valence-electron chi connectivity index (χ4n) is 2.29. The number of aromatic nitrogens is 2. The monoisotopic (exact) mass is 353 g/mol. The van der Waals surface area contributed by atoms with Gasteiger partial charge in [-0.25, -0.2) is 9.02 Å². The smallest absolute Gasteiger partial charge is 0.239 e. The second kappa shape index (κ2) is 6.52. The molecule has 0 aliphatic carbocycles. The zero-order chi connectivity index (χ0) is 16.4. The van der Waals surface area contributed by atoms with Gasteiger partial charge in [-0.2, -0.15) is 0 Å². The van der Waals surface area contributed by atoms with Gasteiger partial charge in [-0.05, 0) is 52.1 Å². The third-order valence-corrected chi connectivity index (χ3v) is 3.68. The molecule has 0 unspecified atom stereocenters. The molecule has 0 fully saturated rings. The van der Waals surface area contributed by atoms with E-state index in [1.54, 1.807) is 18.2 Å². The van der Waals surface area contributed by atoms with Gasteiger partial charge < -0.3 is 5.32 Å². The van der Waals surface area contributed by atoms with Gasteiger partial charge in [-0.15, -0.1) is 11.6 Å². The van der Waals surface area contributed by atoms with Crippen molar-refractivity contribution in [1.29, 1.82) is 0 Å². The Hall–Kier alpha value is -2.18. The summed E-state index contributed by atoms with van der Waals surface area (Å²) in [5.41, 5.74) is 2.72. The molecule has 5 nitrogen and oxygen atoms in total. The summed E-state index contributed by atoms with van der Waals surface area (Å²) in [5, 5.41) is 10.5. The van der Waals surface area contributed by atoms with Gasteiger partial charge >= 0.3 is 0 Å². The normalized spacial score (nSPS) is 10.9. The van der Waals surface area contributed by atoms with E-state index in [4.69, 9.17) is 27.8 Å². The first-order chi connectivity index (χ1) is 11.1. The Morgan fingerprint density at radius 1 is 1.26 bits per heavy atom. The van der Waals surface area contributed by atoms with Crippen LogP contribution in [0.1, 0.15) is 11.1 Å². The summed E-state index contributed by atoms with van der Waals surface area (Å²) >= 11 is 11.4. The van der Waals surface area contributed by atoms with Gasteiger partial charge in [0.05, 0.1) is 5.69 Å². The minimum Gasteiger partial charge on any atom is -0.323 e. The molecule has 1 aromatic heterocycles. The maximum absolute atomic E-state index is 13.5. The number of benzene rings is 2. The lowest BCUT2D eigenvalue weighted by molar-refractivity contribution is -0.113. The van der Waals surface area contributed by atoms with Gasteiger partial charge in [0.25, 0.3) is 0 Å². The Morgan fingerprint density at radius 2 is 2.09 bits per heavy atom. The molecule has 3 aromatic rings. The molecule has 23 heavy (non-hydrogen) atoms. The van der Waals surface area contributed by atoms with Crippen LogP contribution in [0.5, 0.6) is 0 Å². The highest BCUT2D eigenvalue weighted by molar-refractivity contribution is 6.30. The van der Waals surface area contributed by atoms with Crippen molar-refractivity contribution in [1.82, 2.24) is 10.3 Å². The lowest BCUT2D eigenvalue weighted by atomic mass is 10.0. The van der Waals surface area contributed by atoms with Crippen molar-refractivity contribution in [3.8, 4) is 0 Å². The highest BCUT2D eigenvalue weighted by Gasteiger charge is 2.15. The number of nitrogens with zero attached hydrogens (tertiary/aromatic N) is 2. The minimum absolute atomic E-state index is 0.201. The lowest BCUT2D eigenvalue weighted by Gasteiger charge is -2.11. The van der Waals surface area contributed by atoms with Crippen LogP contribution in [-0.4, -0.2) is 22.1 Å². The number of nitrogens with one attached hydrogen (secondary N) is 1. The van der Waals surface area contributed by atoms with Crippen LogP contribution < -0.4 is 5.32 Å². The Morgan fingerprint density at radius 3 is 2.83 bits per heavy atom. The van der Waals surface area contributed by atoms with Gasteiger partial charge in [-0.1, -0.05) is 17.7 Å². The Balaban J connectivity index is 2.05. The van der Waals surface area contributed by atoms with Crippen LogP contribution in [0.25, 0.3) is 11.0 Å². The topological polar surface area (TPSA) is 68.0 Å². The third kappa shape index (κ3) is 3.43. The van der Waals surface area contributed by atoms with E-state index in [-0.39, 0.29) is 11.8 Å². The molecule has 118 valence electrons. The molecular weight excluding hydrogens is 344 g/mol. The van der Waals surface area contributed by atoms with E-state index in [9.17, 15) is 9.18 Å². The number of hydrogen-bond donors (Lipinski definition) is 1. The van der Waals surface area contributed by atoms with Crippen LogP contribution in [0.4, 0.5) is 10.1 Å². The van der Waals surface area contributed by atoms with Crippen molar-refractivity contribution in [2.45, 2.75) is 6.42 Å². The summed E-state index contributed by atoms with van der Waals surface area (Å²) in [4.78, 5) is 11.7. The van der Waals surface area contributed by atoms with Gasteiger partial charge in [0.15, 0.2) is 5.52 Å². The van der Waals surface area contributed by atoms with Gasteiger partial charge in [0.2, 0.25) is 5.91 Å². The molecule has 0 atom stereocenters. The SMILES string of the molecule is O=C(CCl)Nc1c(Cc2cc(F)cc(Cl)c2)ccc2nonc12. The summed E-state index contributed by atoms with van der Waals surface area (Å²) in [7, 11) is 0. The van der Waals surface area contributed by atoms with Crippen molar-refractivity contribution < 1.29 is 13.8 Å². The molecular formula is C15H10Cl2FN3O2. The number of fused-ring (bicyclic) bond motifs is 1. The summed E-state index contributed by atoms with van der Waals surface area (Å²) in [5.74, 6) is -1.02. The average Bonchev–Trinajstić information content (AvgIpc) is 2.97. The molecule has 1 N–H and O–H groups in total. The highest BCUT2D eigenvalue weighted by atomic mass is 35.5. The Kier molecular flexibility index (Phi) is 4.45. The van der Waals surface area contributed by atoms with E-state index in [1.807, 2.05) is 0 Å². The number of rotatable bonds is 4. The number of halogens is 3. The Labute approximate surface area is 140 Å². The van der Waals surface area contributed by atoms with E-state index in [2.05, 4.69) is 15.6 Å². The van der Waals surface area contributed by atoms with Gasteiger partial charge in [0, 0.05) is 5.02 Å². The molecule has 2 aromatic carbocycles. The third-order valence-electron chi connectivity index (χ3n) is 3.22. The Bertz CT molecular complexity index is 862. The number of carbonyl (C=O) groups is 1.